The van der Waals surface area contributed by atoms with Crippen molar-refractivity contribution in [2.45, 2.75) is 23.9 Å². The van der Waals surface area contributed by atoms with E-state index in [1.807, 2.05) is 30.2 Å². The summed E-state index contributed by atoms with van der Waals surface area (Å²) in [6, 6.07) is 6.55. The molecular formula is C13H14ClN3S. The number of benzene rings is 1. The van der Waals surface area contributed by atoms with Gasteiger partial charge in [0.15, 0.2) is 0 Å². The normalized spacial score (nSPS) is 18.6. The number of H-pyrrole nitrogens is 1. The zero-order chi connectivity index (χ0) is 12.4. The fraction of sp³-hybridized carbons (Fsp3) is 0.308. The Hall–Kier alpha value is -0.970. The fourth-order valence-electron chi connectivity index (χ4n) is 2.19. The van der Waals surface area contributed by atoms with E-state index in [1.54, 1.807) is 0 Å². The van der Waals surface area contributed by atoms with Crippen LogP contribution in [0, 0.1) is 0 Å². The summed E-state index contributed by atoms with van der Waals surface area (Å²) < 4.78 is 0. The van der Waals surface area contributed by atoms with Gasteiger partial charge in [-0.15, -0.1) is 11.8 Å². The van der Waals surface area contributed by atoms with Crippen molar-refractivity contribution in [2.24, 2.45) is 0 Å². The third-order valence-corrected chi connectivity index (χ3v) is 4.48. The number of fused-ring (bicyclic) bond motifs is 1. The summed E-state index contributed by atoms with van der Waals surface area (Å²) in [7, 11) is 0. The maximum absolute atomic E-state index is 6.09. The quantitative estimate of drug-likeness (QED) is 0.905. The average Bonchev–Trinajstić information content (AvgIpc) is 2.89. The summed E-state index contributed by atoms with van der Waals surface area (Å²) >= 11 is 8.00. The molecule has 0 saturated heterocycles. The molecule has 0 aliphatic carbocycles. The minimum absolute atomic E-state index is 0.384. The van der Waals surface area contributed by atoms with Gasteiger partial charge >= 0.3 is 0 Å². The number of hydrogen-bond donors (Lipinski definition) is 2. The van der Waals surface area contributed by atoms with Crippen molar-refractivity contribution < 1.29 is 0 Å². The van der Waals surface area contributed by atoms with E-state index in [-0.39, 0.29) is 0 Å². The number of nitrogens with one attached hydrogen (secondary N) is 2. The van der Waals surface area contributed by atoms with E-state index in [2.05, 4.69) is 27.6 Å². The molecule has 0 amide bonds. The van der Waals surface area contributed by atoms with Gasteiger partial charge in [-0.3, -0.25) is 5.10 Å². The van der Waals surface area contributed by atoms with Gasteiger partial charge in [0.2, 0.25) is 0 Å². The molecule has 0 saturated carbocycles. The molecule has 2 heterocycles. The lowest BCUT2D eigenvalue weighted by molar-refractivity contribution is 0.510. The lowest BCUT2D eigenvalue weighted by Gasteiger charge is -2.26. The van der Waals surface area contributed by atoms with Crippen molar-refractivity contribution in [3.8, 4) is 0 Å². The Labute approximate surface area is 115 Å². The van der Waals surface area contributed by atoms with Crippen molar-refractivity contribution in [2.75, 3.05) is 5.75 Å². The van der Waals surface area contributed by atoms with Gasteiger partial charge in [0.1, 0.15) is 0 Å². The van der Waals surface area contributed by atoms with E-state index in [0.29, 0.717) is 6.04 Å². The number of hydrogen-bond acceptors (Lipinski definition) is 3. The molecule has 1 aliphatic heterocycles. The Morgan fingerprint density at radius 3 is 3.28 bits per heavy atom. The molecule has 2 aromatic rings. The van der Waals surface area contributed by atoms with Crippen molar-refractivity contribution >= 4 is 23.4 Å². The molecule has 94 valence electrons. The zero-order valence-corrected chi connectivity index (χ0v) is 11.4. The molecule has 1 aromatic heterocycles. The molecule has 1 aliphatic rings. The molecule has 5 heteroatoms. The monoisotopic (exact) mass is 279 g/mol. The van der Waals surface area contributed by atoms with E-state index in [9.17, 15) is 0 Å². The van der Waals surface area contributed by atoms with E-state index < -0.39 is 0 Å². The summed E-state index contributed by atoms with van der Waals surface area (Å²) in [4.78, 5) is 1.34. The van der Waals surface area contributed by atoms with E-state index >= 15 is 0 Å². The molecule has 0 radical (unpaired) electrons. The minimum atomic E-state index is 0.384. The maximum atomic E-state index is 6.09. The van der Waals surface area contributed by atoms with Crippen LogP contribution in [0.15, 0.2) is 35.5 Å². The first kappa shape index (κ1) is 12.1. The Bertz CT molecular complexity index is 527. The Balaban J connectivity index is 1.76. The predicted molar refractivity (Wildman–Crippen MR) is 75.0 cm³/mol. The van der Waals surface area contributed by atoms with Crippen LogP contribution >= 0.6 is 23.4 Å². The van der Waals surface area contributed by atoms with E-state index in [1.165, 1.54) is 16.0 Å². The number of rotatable bonds is 3. The van der Waals surface area contributed by atoms with Crippen molar-refractivity contribution in [1.82, 2.24) is 15.5 Å². The molecule has 1 atom stereocenters. The fourth-order valence-corrected chi connectivity index (χ4v) is 3.48. The highest BCUT2D eigenvalue weighted by atomic mass is 35.5. The van der Waals surface area contributed by atoms with Crippen LogP contribution in [0.2, 0.25) is 5.02 Å². The first-order valence-corrected chi connectivity index (χ1v) is 7.32. The third-order valence-electron chi connectivity index (χ3n) is 3.12. The molecule has 0 bridgehead atoms. The van der Waals surface area contributed by atoms with Gasteiger partial charge in [-0.2, -0.15) is 5.10 Å². The first-order valence-electron chi connectivity index (χ1n) is 5.96. The number of nitrogens with zero attached hydrogens (tertiary/aromatic N) is 1. The highest BCUT2D eigenvalue weighted by Gasteiger charge is 2.20. The van der Waals surface area contributed by atoms with Gasteiger partial charge in [-0.05, 0) is 35.9 Å². The van der Waals surface area contributed by atoms with Gasteiger partial charge in [-0.1, -0.05) is 11.6 Å². The molecule has 1 unspecified atom stereocenters. The standard InChI is InChI=1S/C13H14ClN3S/c14-10-1-2-13-11(5-10)12(3-4-18-13)15-6-9-7-16-17-8-9/h1-2,5,7-8,12,15H,3-4,6H2,(H,16,17). The maximum Gasteiger partial charge on any atom is 0.0532 e. The SMILES string of the molecule is Clc1ccc2c(c1)C(NCc1cn[nH]c1)CCS2. The van der Waals surface area contributed by atoms with Crippen LogP contribution in [-0.4, -0.2) is 16.0 Å². The molecule has 3 rings (SSSR count). The number of aromatic nitrogens is 2. The molecule has 2 N–H and O–H groups in total. The van der Waals surface area contributed by atoms with Crippen LogP contribution in [0.1, 0.15) is 23.6 Å². The van der Waals surface area contributed by atoms with Crippen LogP contribution < -0.4 is 5.32 Å². The van der Waals surface area contributed by atoms with E-state index in [4.69, 9.17) is 11.6 Å². The topological polar surface area (TPSA) is 40.7 Å². The highest BCUT2D eigenvalue weighted by molar-refractivity contribution is 7.99. The highest BCUT2D eigenvalue weighted by Crippen LogP contribution is 2.37. The number of aromatic amines is 1. The van der Waals surface area contributed by atoms with Crippen molar-refractivity contribution in [1.29, 1.82) is 0 Å². The number of thioether (sulfide) groups is 1. The van der Waals surface area contributed by atoms with Gasteiger partial charge in [0, 0.05) is 34.3 Å². The molecule has 18 heavy (non-hydrogen) atoms. The predicted octanol–water partition coefficient (Wildman–Crippen LogP) is 3.39. The van der Waals surface area contributed by atoms with Gasteiger partial charge in [0.25, 0.3) is 0 Å². The van der Waals surface area contributed by atoms with Crippen LogP contribution in [0.25, 0.3) is 0 Å². The Kier molecular flexibility index (Phi) is 3.59. The van der Waals surface area contributed by atoms with Gasteiger partial charge < -0.3 is 5.32 Å². The summed E-state index contributed by atoms with van der Waals surface area (Å²) in [5, 5.41) is 11.2. The Morgan fingerprint density at radius 1 is 1.50 bits per heavy atom. The summed E-state index contributed by atoms with van der Waals surface area (Å²) in [6.07, 6.45) is 4.91. The second kappa shape index (κ2) is 5.34. The molecule has 0 fully saturated rings. The smallest absolute Gasteiger partial charge is 0.0532 e. The Morgan fingerprint density at radius 2 is 2.44 bits per heavy atom. The third kappa shape index (κ3) is 2.55. The van der Waals surface area contributed by atoms with Crippen LogP contribution in [0.5, 0.6) is 0 Å². The molecule has 1 aromatic carbocycles. The lowest BCUT2D eigenvalue weighted by atomic mass is 10.0. The van der Waals surface area contributed by atoms with Crippen molar-refractivity contribution in [3.05, 3.63) is 46.7 Å². The van der Waals surface area contributed by atoms with Crippen LogP contribution in [-0.2, 0) is 6.54 Å². The molecular weight excluding hydrogens is 266 g/mol. The number of halogens is 1. The zero-order valence-electron chi connectivity index (χ0n) is 9.82. The summed E-state index contributed by atoms with van der Waals surface area (Å²) in [5.41, 5.74) is 2.50. The van der Waals surface area contributed by atoms with Crippen LogP contribution in [0.3, 0.4) is 0 Å². The lowest BCUT2D eigenvalue weighted by Crippen LogP contribution is -2.24. The average molecular weight is 280 g/mol. The second-order valence-electron chi connectivity index (χ2n) is 4.36. The first-order chi connectivity index (χ1) is 8.83. The molecule has 3 nitrogen and oxygen atoms in total. The van der Waals surface area contributed by atoms with E-state index in [0.717, 1.165) is 23.7 Å². The second-order valence-corrected chi connectivity index (χ2v) is 5.93. The van der Waals surface area contributed by atoms with Gasteiger partial charge in [-0.25, -0.2) is 0 Å². The minimum Gasteiger partial charge on any atom is -0.306 e. The van der Waals surface area contributed by atoms with Crippen molar-refractivity contribution in [3.63, 3.8) is 0 Å². The molecule has 0 spiro atoms. The van der Waals surface area contributed by atoms with Gasteiger partial charge in [0.05, 0.1) is 6.20 Å². The largest absolute Gasteiger partial charge is 0.306 e. The summed E-state index contributed by atoms with van der Waals surface area (Å²) in [6.45, 7) is 0.831. The summed E-state index contributed by atoms with van der Waals surface area (Å²) in [5.74, 6) is 1.15. The van der Waals surface area contributed by atoms with Crippen LogP contribution in [0.4, 0.5) is 0 Å².